The van der Waals surface area contributed by atoms with Crippen LogP contribution in [0.5, 0.6) is 0 Å². The van der Waals surface area contributed by atoms with Crippen LogP contribution in [0.25, 0.3) is 0 Å². The number of carbonyl (C=O) groups is 1. The molecule has 0 aliphatic heterocycles. The van der Waals surface area contributed by atoms with Crippen LogP contribution in [0.2, 0.25) is 0 Å². The van der Waals surface area contributed by atoms with E-state index in [1.54, 1.807) is 0 Å². The van der Waals surface area contributed by atoms with E-state index in [4.69, 9.17) is 5.11 Å². The van der Waals surface area contributed by atoms with Crippen molar-refractivity contribution in [1.29, 1.82) is 0 Å². The predicted octanol–water partition coefficient (Wildman–Crippen LogP) is 4.52. The van der Waals surface area contributed by atoms with Crippen LogP contribution in [0.3, 0.4) is 0 Å². The minimum atomic E-state index is -0.702. The van der Waals surface area contributed by atoms with Gasteiger partial charge < -0.3 is 15.3 Å². The first-order chi connectivity index (χ1) is 11.5. The highest BCUT2D eigenvalue weighted by Gasteiger charge is 2.34. The lowest BCUT2D eigenvalue weighted by Crippen LogP contribution is -2.21. The highest BCUT2D eigenvalue weighted by Crippen LogP contribution is 2.39. The van der Waals surface area contributed by atoms with Crippen molar-refractivity contribution >= 4 is 5.97 Å². The Bertz CT molecular complexity index is 332. The van der Waals surface area contributed by atoms with E-state index in [1.165, 1.54) is 12.8 Å². The quantitative estimate of drug-likeness (QED) is 0.406. The third-order valence-corrected chi connectivity index (χ3v) is 5.62. The molecule has 1 aliphatic carbocycles. The number of aliphatic hydroxyl groups is 2. The summed E-state index contributed by atoms with van der Waals surface area (Å²) in [6.07, 6.45) is 13.1. The van der Waals surface area contributed by atoms with Crippen molar-refractivity contribution in [3.05, 3.63) is 0 Å². The van der Waals surface area contributed by atoms with Gasteiger partial charge in [-0.15, -0.1) is 0 Å². The molecule has 0 aromatic carbocycles. The topological polar surface area (TPSA) is 77.8 Å². The van der Waals surface area contributed by atoms with Crippen LogP contribution in [-0.4, -0.2) is 33.5 Å². The molecule has 4 nitrogen and oxygen atoms in total. The van der Waals surface area contributed by atoms with Gasteiger partial charge in [0.2, 0.25) is 0 Å². The molecule has 0 spiro atoms. The van der Waals surface area contributed by atoms with Gasteiger partial charge in [0.1, 0.15) is 0 Å². The van der Waals surface area contributed by atoms with Gasteiger partial charge >= 0.3 is 5.97 Å². The summed E-state index contributed by atoms with van der Waals surface area (Å²) in [7, 11) is 0. The smallest absolute Gasteiger partial charge is 0.303 e. The lowest BCUT2D eigenvalue weighted by Gasteiger charge is -2.23. The Morgan fingerprint density at radius 1 is 1.00 bits per heavy atom. The lowest BCUT2D eigenvalue weighted by atomic mass is 9.85. The molecule has 0 bridgehead atoms. The molecule has 0 amide bonds. The van der Waals surface area contributed by atoms with E-state index in [-0.39, 0.29) is 18.6 Å². The van der Waals surface area contributed by atoms with Crippen LogP contribution < -0.4 is 0 Å². The van der Waals surface area contributed by atoms with E-state index in [0.717, 1.165) is 70.6 Å². The summed E-state index contributed by atoms with van der Waals surface area (Å²) in [6.45, 7) is 2.17. The fourth-order valence-electron chi connectivity index (χ4n) is 4.11. The van der Waals surface area contributed by atoms with Crippen molar-refractivity contribution in [2.24, 2.45) is 11.8 Å². The second kappa shape index (κ2) is 12.7. The van der Waals surface area contributed by atoms with Gasteiger partial charge in [0.15, 0.2) is 0 Å². The molecule has 4 atom stereocenters. The molecule has 0 aromatic rings. The molecule has 4 heteroatoms. The number of hydrogen-bond donors (Lipinski definition) is 3. The molecule has 0 radical (unpaired) electrons. The maximum atomic E-state index is 10.5. The van der Waals surface area contributed by atoms with E-state index in [9.17, 15) is 15.0 Å². The summed E-state index contributed by atoms with van der Waals surface area (Å²) in [4.78, 5) is 10.5. The zero-order valence-electron chi connectivity index (χ0n) is 15.5. The molecule has 3 N–H and O–H groups in total. The number of aliphatic carboxylic acids is 1. The molecule has 4 unspecified atom stereocenters. The first-order valence-electron chi connectivity index (χ1n) is 10.1. The van der Waals surface area contributed by atoms with Crippen molar-refractivity contribution in [2.45, 2.75) is 109 Å². The number of carboxylic acids is 1. The fraction of sp³-hybridized carbons (Fsp3) is 0.950. The lowest BCUT2D eigenvalue weighted by molar-refractivity contribution is -0.137. The largest absolute Gasteiger partial charge is 0.481 e. The van der Waals surface area contributed by atoms with Crippen LogP contribution >= 0.6 is 0 Å². The number of rotatable bonds is 14. The summed E-state index contributed by atoms with van der Waals surface area (Å²) in [5.41, 5.74) is 0. The maximum absolute atomic E-state index is 10.5. The molecular formula is C20H38O4. The minimum absolute atomic E-state index is 0.190. The fourth-order valence-corrected chi connectivity index (χ4v) is 4.11. The molecule has 24 heavy (non-hydrogen) atoms. The van der Waals surface area contributed by atoms with Gasteiger partial charge in [0.25, 0.3) is 0 Å². The normalized spacial score (nSPS) is 25.0. The molecular weight excluding hydrogens is 304 g/mol. The Balaban J connectivity index is 2.18. The Morgan fingerprint density at radius 3 is 2.46 bits per heavy atom. The molecule has 0 saturated heterocycles. The molecule has 1 aliphatic rings. The van der Waals surface area contributed by atoms with Crippen molar-refractivity contribution in [1.82, 2.24) is 0 Å². The SMILES string of the molecule is CCCCCC(O)CCC1C(O)CCC1CCCCCCC(=O)O. The van der Waals surface area contributed by atoms with Crippen LogP contribution in [0, 0.1) is 11.8 Å². The Labute approximate surface area is 147 Å². The van der Waals surface area contributed by atoms with Crippen molar-refractivity contribution in [3.8, 4) is 0 Å². The van der Waals surface area contributed by atoms with Crippen molar-refractivity contribution in [3.63, 3.8) is 0 Å². The third-order valence-electron chi connectivity index (χ3n) is 5.62. The van der Waals surface area contributed by atoms with Crippen molar-refractivity contribution < 1.29 is 20.1 Å². The van der Waals surface area contributed by atoms with Crippen LogP contribution in [0.1, 0.15) is 96.8 Å². The molecule has 0 heterocycles. The number of unbranched alkanes of at least 4 members (excludes halogenated alkanes) is 5. The summed E-state index contributed by atoms with van der Waals surface area (Å²) in [6, 6.07) is 0. The van der Waals surface area contributed by atoms with Gasteiger partial charge in [-0.2, -0.15) is 0 Å². The van der Waals surface area contributed by atoms with E-state index in [0.29, 0.717) is 11.8 Å². The Kier molecular flexibility index (Phi) is 11.4. The van der Waals surface area contributed by atoms with Gasteiger partial charge in [-0.05, 0) is 50.4 Å². The van der Waals surface area contributed by atoms with Crippen LogP contribution in [0.4, 0.5) is 0 Å². The summed E-state index contributed by atoms with van der Waals surface area (Å²) < 4.78 is 0. The molecule has 142 valence electrons. The average molecular weight is 343 g/mol. The first kappa shape index (κ1) is 21.4. The Morgan fingerprint density at radius 2 is 1.75 bits per heavy atom. The van der Waals surface area contributed by atoms with Gasteiger partial charge in [-0.1, -0.05) is 51.9 Å². The summed E-state index contributed by atoms with van der Waals surface area (Å²) in [5, 5.41) is 29.0. The van der Waals surface area contributed by atoms with Gasteiger partial charge in [0, 0.05) is 6.42 Å². The molecule has 0 aromatic heterocycles. The monoisotopic (exact) mass is 342 g/mol. The van der Waals surface area contributed by atoms with Crippen molar-refractivity contribution in [2.75, 3.05) is 0 Å². The minimum Gasteiger partial charge on any atom is -0.481 e. The van der Waals surface area contributed by atoms with Crippen LogP contribution in [-0.2, 0) is 4.79 Å². The second-order valence-corrected chi connectivity index (χ2v) is 7.64. The van der Waals surface area contributed by atoms with E-state index in [1.807, 2.05) is 0 Å². The average Bonchev–Trinajstić information content (AvgIpc) is 2.89. The first-order valence-corrected chi connectivity index (χ1v) is 10.1. The number of hydrogen-bond acceptors (Lipinski definition) is 3. The standard InChI is InChI=1S/C20H38O4/c1-2-3-6-10-17(21)13-14-18-16(12-15-19(18)22)9-7-4-5-8-11-20(23)24/h16-19,21-22H,2-15H2,1H3,(H,23,24). The summed E-state index contributed by atoms with van der Waals surface area (Å²) >= 11 is 0. The van der Waals surface area contributed by atoms with E-state index >= 15 is 0 Å². The van der Waals surface area contributed by atoms with Gasteiger partial charge in [-0.3, -0.25) is 4.79 Å². The van der Waals surface area contributed by atoms with Gasteiger partial charge in [0.05, 0.1) is 12.2 Å². The second-order valence-electron chi connectivity index (χ2n) is 7.64. The van der Waals surface area contributed by atoms with E-state index < -0.39 is 5.97 Å². The van der Waals surface area contributed by atoms with E-state index in [2.05, 4.69) is 6.92 Å². The molecule has 1 saturated carbocycles. The highest BCUT2D eigenvalue weighted by molar-refractivity contribution is 5.66. The predicted molar refractivity (Wildman–Crippen MR) is 96.9 cm³/mol. The maximum Gasteiger partial charge on any atom is 0.303 e. The van der Waals surface area contributed by atoms with Crippen LogP contribution in [0.15, 0.2) is 0 Å². The van der Waals surface area contributed by atoms with Gasteiger partial charge in [-0.25, -0.2) is 0 Å². The molecule has 1 rings (SSSR count). The number of aliphatic hydroxyl groups excluding tert-OH is 2. The number of carboxylic acid groups (broad SMARTS) is 1. The highest BCUT2D eigenvalue weighted by atomic mass is 16.4. The molecule has 1 fully saturated rings. The summed E-state index contributed by atoms with van der Waals surface area (Å²) in [5.74, 6) is 0.235. The third kappa shape index (κ3) is 9.03. The zero-order valence-corrected chi connectivity index (χ0v) is 15.5. The zero-order chi connectivity index (χ0) is 17.8. The Hall–Kier alpha value is -0.610.